The summed E-state index contributed by atoms with van der Waals surface area (Å²) >= 11 is 0. The van der Waals surface area contributed by atoms with Gasteiger partial charge in [-0.05, 0) is 0 Å². The summed E-state index contributed by atoms with van der Waals surface area (Å²) < 4.78 is 4.30. The van der Waals surface area contributed by atoms with Crippen molar-refractivity contribution in [3.05, 3.63) is 0 Å². The third-order valence-electron chi connectivity index (χ3n) is 0.397. The average molecular weight is 519 g/mol. The molecule has 11 heavy (non-hydrogen) atoms. The molecule has 0 saturated carbocycles. The molecule has 0 atom stereocenters. The molecule has 68 valence electrons. The second-order valence-corrected chi connectivity index (χ2v) is 1.06. The van der Waals surface area contributed by atoms with E-state index in [9.17, 15) is 4.79 Å². The van der Waals surface area contributed by atoms with Gasteiger partial charge >= 0.3 is 29.9 Å². The summed E-state index contributed by atoms with van der Waals surface area (Å²) in [6, 6.07) is 0. The fourth-order valence-corrected chi connectivity index (χ4v) is 0.189. The molecule has 0 aliphatic heterocycles. The summed E-state index contributed by atoms with van der Waals surface area (Å²) in [5, 5.41) is 8.04. The molecular weight excluding hydrogens is 508 g/mol. The van der Waals surface area contributed by atoms with Gasteiger partial charge in [-0.2, -0.15) is 0 Å². The van der Waals surface area contributed by atoms with Gasteiger partial charge in [0, 0.05) is 63.3 Å². The molecule has 0 aromatic carbocycles. The number of carbonyl (C=O) groups excluding carboxylic acids is 1. The normalized spacial score (nSPS) is 5.27. The summed E-state index contributed by atoms with van der Waals surface area (Å²) in [5.41, 5.74) is 0. The van der Waals surface area contributed by atoms with Gasteiger partial charge in [0.15, 0.2) is 0 Å². The number of hydrogen-bond acceptors (Lipinski definition) is 3. The van der Waals surface area contributed by atoms with E-state index in [0.717, 1.165) is 0 Å². The van der Waals surface area contributed by atoms with Crippen molar-refractivity contribution in [1.29, 1.82) is 0 Å². The van der Waals surface area contributed by atoms with E-state index < -0.39 is 0 Å². The Labute approximate surface area is 120 Å². The minimum absolute atomic E-state index is 0. The SMILES string of the molecule is CC(=O)OCCO.[Co].[SnH2].[V].[W]. The number of aliphatic hydroxyl groups is 1. The Balaban J connectivity index is -0.0000000300. The van der Waals surface area contributed by atoms with Gasteiger partial charge in [0.25, 0.3) is 0 Å². The van der Waals surface area contributed by atoms with Crippen molar-refractivity contribution in [2.24, 2.45) is 0 Å². The van der Waals surface area contributed by atoms with Crippen LogP contribution in [0.3, 0.4) is 0 Å². The van der Waals surface area contributed by atoms with Crippen molar-refractivity contribution >= 4 is 29.9 Å². The smallest absolute Gasteiger partial charge is 0 e. The standard InChI is InChI=1S/C4H8O3.Co.Sn.V.W.2H/c1-4(6)7-3-2-5;;;;;;/h5H,2-3H2,1H3;;;;;;. The van der Waals surface area contributed by atoms with Crippen LogP contribution in [-0.2, 0) is 65.9 Å². The summed E-state index contributed by atoms with van der Waals surface area (Å²) in [4.78, 5) is 9.87. The Morgan fingerprint density at radius 2 is 1.91 bits per heavy atom. The van der Waals surface area contributed by atoms with E-state index in [4.69, 9.17) is 5.11 Å². The second-order valence-electron chi connectivity index (χ2n) is 1.06. The van der Waals surface area contributed by atoms with Crippen molar-refractivity contribution in [2.75, 3.05) is 13.2 Å². The van der Waals surface area contributed by atoms with E-state index in [1.807, 2.05) is 0 Å². The quantitative estimate of drug-likeness (QED) is 0.362. The van der Waals surface area contributed by atoms with Gasteiger partial charge in [0.05, 0.1) is 6.61 Å². The van der Waals surface area contributed by atoms with Crippen LogP contribution in [0.15, 0.2) is 0 Å². The van der Waals surface area contributed by atoms with Gasteiger partial charge in [0.2, 0.25) is 0 Å². The van der Waals surface area contributed by atoms with Crippen LogP contribution in [0, 0.1) is 0 Å². The van der Waals surface area contributed by atoms with Gasteiger partial charge in [-0.1, -0.05) is 0 Å². The molecule has 0 amide bonds. The van der Waals surface area contributed by atoms with Crippen LogP contribution in [0.1, 0.15) is 6.92 Å². The van der Waals surface area contributed by atoms with Crippen LogP contribution in [0.4, 0.5) is 0 Å². The van der Waals surface area contributed by atoms with Gasteiger partial charge < -0.3 is 9.84 Å². The molecule has 0 aromatic rings. The van der Waals surface area contributed by atoms with Gasteiger partial charge in [0.1, 0.15) is 6.61 Å². The number of hydrogen-bond donors (Lipinski definition) is 1. The van der Waals surface area contributed by atoms with Crippen LogP contribution in [0.5, 0.6) is 0 Å². The van der Waals surface area contributed by atoms with Crippen molar-refractivity contribution in [3.8, 4) is 0 Å². The molecule has 0 aliphatic carbocycles. The Morgan fingerprint density at radius 3 is 2.00 bits per heavy atom. The number of esters is 1. The van der Waals surface area contributed by atoms with Crippen LogP contribution in [0.25, 0.3) is 0 Å². The van der Waals surface area contributed by atoms with Crippen LogP contribution in [-0.4, -0.2) is 48.2 Å². The number of rotatable bonds is 2. The molecule has 0 unspecified atom stereocenters. The minimum Gasteiger partial charge on any atom is 0 e. The average Bonchev–Trinajstić information content (AvgIpc) is 1.61. The molecule has 0 rings (SSSR count). The van der Waals surface area contributed by atoms with Gasteiger partial charge in [-0.25, -0.2) is 0 Å². The molecule has 0 aliphatic rings. The van der Waals surface area contributed by atoms with Crippen LogP contribution < -0.4 is 0 Å². The Hall–Kier alpha value is 2.01. The monoisotopic (exact) mass is 520 g/mol. The van der Waals surface area contributed by atoms with E-state index in [2.05, 4.69) is 4.74 Å². The zero-order chi connectivity index (χ0) is 5.70. The predicted molar refractivity (Wildman–Crippen MR) is 32.3 cm³/mol. The predicted octanol–water partition coefficient (Wildman–Crippen LogP) is -1.38. The largest absolute Gasteiger partial charge is 0 e. The summed E-state index contributed by atoms with van der Waals surface area (Å²) in [6.07, 6.45) is 0. The maximum atomic E-state index is 9.87. The van der Waals surface area contributed by atoms with E-state index >= 15 is 0 Å². The number of ether oxygens (including phenoxy) is 1. The van der Waals surface area contributed by atoms with Crippen LogP contribution >= 0.6 is 0 Å². The molecule has 1 N–H and O–H groups in total. The van der Waals surface area contributed by atoms with Crippen molar-refractivity contribution in [1.82, 2.24) is 0 Å². The molecule has 0 spiro atoms. The van der Waals surface area contributed by atoms with Crippen LogP contribution in [0.2, 0.25) is 0 Å². The third-order valence-corrected chi connectivity index (χ3v) is 0.397. The summed E-state index contributed by atoms with van der Waals surface area (Å²) in [6.45, 7) is 1.31. The number of aliphatic hydroxyl groups excluding tert-OH is 1. The molecule has 7 heteroatoms. The molecule has 0 heterocycles. The number of carbonyl (C=O) groups is 1. The molecule has 0 aromatic heterocycles. The fourth-order valence-electron chi connectivity index (χ4n) is 0.189. The first-order valence-corrected chi connectivity index (χ1v) is 2.01. The maximum Gasteiger partial charge on any atom is 0 e. The van der Waals surface area contributed by atoms with Crippen molar-refractivity contribution in [2.45, 2.75) is 6.92 Å². The van der Waals surface area contributed by atoms with Gasteiger partial charge in [-0.3, -0.25) is 4.79 Å². The first kappa shape index (κ1) is 29.2. The fraction of sp³-hybridized carbons (Fsp3) is 0.750. The second kappa shape index (κ2) is 22.7. The molecular formula is C4H10CoO3SnVW. The van der Waals surface area contributed by atoms with Gasteiger partial charge in [-0.15, -0.1) is 0 Å². The summed E-state index contributed by atoms with van der Waals surface area (Å²) in [5.74, 6) is -0.353. The Kier molecular flexibility index (Phi) is 60.3. The molecule has 0 fully saturated rings. The van der Waals surface area contributed by atoms with Crippen molar-refractivity contribution in [3.63, 3.8) is 0 Å². The minimum atomic E-state index is -0.353. The van der Waals surface area contributed by atoms with E-state index in [1.165, 1.54) is 6.92 Å². The molecule has 4 radical (unpaired) electrons. The van der Waals surface area contributed by atoms with Crippen molar-refractivity contribution < 1.29 is 71.0 Å². The molecule has 0 saturated heterocycles. The third kappa shape index (κ3) is 33.3. The topological polar surface area (TPSA) is 46.5 Å². The zero-order valence-corrected chi connectivity index (χ0v) is 15.5. The Morgan fingerprint density at radius 1 is 1.55 bits per heavy atom. The summed E-state index contributed by atoms with van der Waals surface area (Å²) in [7, 11) is 0. The first-order valence-electron chi connectivity index (χ1n) is 2.01. The first-order chi connectivity index (χ1) is 3.27. The zero-order valence-electron chi connectivity index (χ0n) is 6.07. The maximum absolute atomic E-state index is 9.87. The van der Waals surface area contributed by atoms with E-state index in [-0.39, 0.29) is 99.5 Å². The molecule has 0 bridgehead atoms. The Bertz CT molecular complexity index is 78.4. The molecule has 3 nitrogen and oxygen atoms in total. The van der Waals surface area contributed by atoms with E-state index in [0.29, 0.717) is 0 Å². The van der Waals surface area contributed by atoms with E-state index in [1.54, 1.807) is 0 Å².